The van der Waals surface area contributed by atoms with E-state index in [9.17, 15) is 0 Å². The Kier molecular flexibility index (Phi) is 6.79. The van der Waals surface area contributed by atoms with E-state index < -0.39 is 0 Å². The summed E-state index contributed by atoms with van der Waals surface area (Å²) in [5.74, 6) is 0.862. The molecule has 0 aliphatic rings. The Bertz CT molecular complexity index is 693. The number of methoxy groups -OCH3 is 1. The van der Waals surface area contributed by atoms with Gasteiger partial charge >= 0.3 is 0 Å². The van der Waals surface area contributed by atoms with Gasteiger partial charge in [-0.05, 0) is 81.1 Å². The van der Waals surface area contributed by atoms with Crippen molar-refractivity contribution in [2.45, 2.75) is 19.9 Å². The number of nitrogens with zero attached hydrogens (tertiary/aromatic N) is 1. The molecule has 4 nitrogen and oxygen atoms in total. The molecule has 134 valence electrons. The average molecular weight is 358 g/mol. The van der Waals surface area contributed by atoms with Gasteiger partial charge < -0.3 is 20.3 Å². The van der Waals surface area contributed by atoms with Gasteiger partial charge in [-0.15, -0.1) is 0 Å². The second-order valence-corrected chi connectivity index (χ2v) is 6.87. The molecule has 5 heteroatoms. The lowest BCUT2D eigenvalue weighted by Crippen LogP contribution is -2.36. The number of rotatable bonds is 6. The summed E-state index contributed by atoms with van der Waals surface area (Å²) in [6.45, 7) is 4.89. The van der Waals surface area contributed by atoms with Crippen LogP contribution in [0.3, 0.4) is 0 Å². The van der Waals surface area contributed by atoms with Crippen LogP contribution in [0.4, 0.5) is 5.69 Å². The summed E-state index contributed by atoms with van der Waals surface area (Å²) in [6, 6.07) is 14.7. The van der Waals surface area contributed by atoms with Gasteiger partial charge in [-0.1, -0.05) is 18.2 Å². The first kappa shape index (κ1) is 19.2. The topological polar surface area (TPSA) is 36.5 Å². The Morgan fingerprint density at radius 2 is 1.68 bits per heavy atom. The zero-order valence-corrected chi connectivity index (χ0v) is 16.4. The van der Waals surface area contributed by atoms with Gasteiger partial charge in [0.2, 0.25) is 0 Å². The minimum absolute atomic E-state index is 0.213. The van der Waals surface area contributed by atoms with E-state index in [0.29, 0.717) is 5.11 Å². The molecule has 1 atom stereocenters. The summed E-state index contributed by atoms with van der Waals surface area (Å²) in [5.41, 5.74) is 4.66. The minimum atomic E-state index is 0.213. The summed E-state index contributed by atoms with van der Waals surface area (Å²) in [7, 11) is 5.81. The number of hydrogen-bond donors (Lipinski definition) is 2. The Labute approximate surface area is 156 Å². The van der Waals surface area contributed by atoms with Crippen molar-refractivity contribution in [2.24, 2.45) is 0 Å². The smallest absolute Gasteiger partial charge is 0.170 e. The van der Waals surface area contributed by atoms with E-state index in [2.05, 4.69) is 73.8 Å². The molecule has 2 rings (SSSR count). The molecule has 0 aliphatic heterocycles. The Balaban J connectivity index is 1.99. The van der Waals surface area contributed by atoms with Crippen LogP contribution in [0.1, 0.15) is 22.7 Å². The summed E-state index contributed by atoms with van der Waals surface area (Å²) in [6.07, 6.45) is 0. The Hall–Kier alpha value is -2.11. The fraction of sp³-hybridized carbons (Fsp3) is 0.350. The van der Waals surface area contributed by atoms with Crippen molar-refractivity contribution in [3.05, 3.63) is 59.2 Å². The zero-order valence-electron chi connectivity index (χ0n) is 15.6. The van der Waals surface area contributed by atoms with Crippen LogP contribution in [-0.4, -0.2) is 37.8 Å². The van der Waals surface area contributed by atoms with Gasteiger partial charge in [0.25, 0.3) is 0 Å². The lowest BCUT2D eigenvalue weighted by Gasteiger charge is -2.26. The average Bonchev–Trinajstić information content (AvgIpc) is 2.54. The second kappa shape index (κ2) is 8.83. The SMILES string of the molecule is COc1ccc([C@@H](CNC(=S)Nc2cc(C)cc(C)c2)N(C)C)cc1. The Morgan fingerprint density at radius 1 is 1.08 bits per heavy atom. The molecule has 0 saturated heterocycles. The van der Waals surface area contributed by atoms with Crippen molar-refractivity contribution < 1.29 is 4.74 Å². The molecule has 0 bridgehead atoms. The van der Waals surface area contributed by atoms with E-state index >= 15 is 0 Å². The molecular formula is C20H27N3OS. The molecule has 2 aromatic carbocycles. The van der Waals surface area contributed by atoms with Gasteiger partial charge in [-0.25, -0.2) is 0 Å². The van der Waals surface area contributed by atoms with Crippen LogP contribution in [0.2, 0.25) is 0 Å². The van der Waals surface area contributed by atoms with Crippen LogP contribution in [0, 0.1) is 13.8 Å². The van der Waals surface area contributed by atoms with Gasteiger partial charge in [0.1, 0.15) is 5.75 Å². The van der Waals surface area contributed by atoms with Crippen molar-refractivity contribution >= 4 is 23.0 Å². The van der Waals surface area contributed by atoms with Crippen LogP contribution >= 0.6 is 12.2 Å². The Morgan fingerprint density at radius 3 is 2.20 bits per heavy atom. The predicted molar refractivity (Wildman–Crippen MR) is 110 cm³/mol. The standard InChI is InChI=1S/C20H27N3OS/c1-14-10-15(2)12-17(11-14)22-20(25)21-13-19(23(3)4)16-6-8-18(24-5)9-7-16/h6-12,19H,13H2,1-5H3,(H2,21,22,25)/t19-/m1/s1. The molecular weight excluding hydrogens is 330 g/mol. The number of thiocarbonyl (C=S) groups is 1. The largest absolute Gasteiger partial charge is 0.497 e. The third kappa shape index (κ3) is 5.73. The highest BCUT2D eigenvalue weighted by molar-refractivity contribution is 7.80. The quantitative estimate of drug-likeness (QED) is 0.767. The van der Waals surface area contributed by atoms with E-state index in [0.717, 1.165) is 18.0 Å². The highest BCUT2D eigenvalue weighted by Crippen LogP contribution is 2.21. The summed E-state index contributed by atoms with van der Waals surface area (Å²) in [4.78, 5) is 2.17. The number of hydrogen-bond acceptors (Lipinski definition) is 3. The van der Waals surface area contributed by atoms with Gasteiger partial charge in [0, 0.05) is 12.2 Å². The van der Waals surface area contributed by atoms with E-state index in [4.69, 9.17) is 17.0 Å². The van der Waals surface area contributed by atoms with Crippen LogP contribution in [0.25, 0.3) is 0 Å². The first-order valence-corrected chi connectivity index (χ1v) is 8.73. The monoisotopic (exact) mass is 357 g/mol. The highest BCUT2D eigenvalue weighted by Gasteiger charge is 2.14. The number of nitrogens with one attached hydrogen (secondary N) is 2. The molecule has 25 heavy (non-hydrogen) atoms. The highest BCUT2D eigenvalue weighted by atomic mass is 32.1. The van der Waals surface area contributed by atoms with Gasteiger partial charge in [-0.3, -0.25) is 0 Å². The number of aryl methyl sites for hydroxylation is 2. The molecule has 0 spiro atoms. The van der Waals surface area contributed by atoms with Crippen LogP contribution in [0.15, 0.2) is 42.5 Å². The molecule has 0 radical (unpaired) electrons. The first-order chi connectivity index (χ1) is 11.9. The second-order valence-electron chi connectivity index (χ2n) is 6.46. The maximum atomic E-state index is 5.46. The summed E-state index contributed by atoms with van der Waals surface area (Å²) < 4.78 is 5.23. The van der Waals surface area contributed by atoms with Crippen molar-refractivity contribution in [3.63, 3.8) is 0 Å². The molecule has 0 amide bonds. The van der Waals surface area contributed by atoms with Crippen molar-refractivity contribution in [1.82, 2.24) is 10.2 Å². The summed E-state index contributed by atoms with van der Waals surface area (Å²) in [5, 5.41) is 7.23. The molecule has 0 unspecified atom stereocenters. The van der Waals surface area contributed by atoms with Crippen molar-refractivity contribution in [3.8, 4) is 5.75 Å². The summed E-state index contributed by atoms with van der Waals surface area (Å²) >= 11 is 5.46. The molecule has 2 aromatic rings. The molecule has 2 N–H and O–H groups in total. The fourth-order valence-corrected chi connectivity index (χ4v) is 3.04. The van der Waals surface area contributed by atoms with E-state index in [-0.39, 0.29) is 6.04 Å². The van der Waals surface area contributed by atoms with Crippen LogP contribution < -0.4 is 15.4 Å². The van der Waals surface area contributed by atoms with E-state index in [1.165, 1.54) is 16.7 Å². The number of benzene rings is 2. The maximum Gasteiger partial charge on any atom is 0.170 e. The number of likely N-dealkylation sites (N-methyl/N-ethyl adjacent to an activating group) is 1. The lowest BCUT2D eigenvalue weighted by molar-refractivity contribution is 0.299. The van der Waals surface area contributed by atoms with Crippen molar-refractivity contribution in [2.75, 3.05) is 33.1 Å². The maximum absolute atomic E-state index is 5.46. The first-order valence-electron chi connectivity index (χ1n) is 8.32. The zero-order chi connectivity index (χ0) is 18.4. The minimum Gasteiger partial charge on any atom is -0.497 e. The van der Waals surface area contributed by atoms with Crippen LogP contribution in [-0.2, 0) is 0 Å². The molecule has 0 saturated carbocycles. The molecule has 0 aromatic heterocycles. The van der Waals surface area contributed by atoms with Gasteiger partial charge in [0.15, 0.2) is 5.11 Å². The lowest BCUT2D eigenvalue weighted by atomic mass is 10.1. The van der Waals surface area contributed by atoms with Crippen molar-refractivity contribution in [1.29, 1.82) is 0 Å². The van der Waals surface area contributed by atoms with Gasteiger partial charge in [0.05, 0.1) is 13.2 Å². The molecule has 0 fully saturated rings. The normalized spacial score (nSPS) is 11.9. The van der Waals surface area contributed by atoms with Crippen LogP contribution in [0.5, 0.6) is 5.75 Å². The number of ether oxygens (including phenoxy) is 1. The number of anilines is 1. The molecule has 0 heterocycles. The predicted octanol–water partition coefficient (Wildman–Crippen LogP) is 3.90. The third-order valence-corrected chi connectivity index (χ3v) is 4.31. The van der Waals surface area contributed by atoms with E-state index in [1.54, 1.807) is 7.11 Å². The fourth-order valence-electron chi connectivity index (χ4n) is 2.84. The van der Waals surface area contributed by atoms with Gasteiger partial charge in [-0.2, -0.15) is 0 Å². The third-order valence-electron chi connectivity index (χ3n) is 4.06. The molecule has 0 aliphatic carbocycles. The van der Waals surface area contributed by atoms with E-state index in [1.807, 2.05) is 12.1 Å².